The Labute approximate surface area is 232 Å². The molecule has 39 heavy (non-hydrogen) atoms. The van der Waals surface area contributed by atoms with Crippen molar-refractivity contribution in [3.63, 3.8) is 0 Å². The molecule has 7 nitrogen and oxygen atoms in total. The van der Waals surface area contributed by atoms with Gasteiger partial charge in [-0.3, -0.25) is 13.9 Å². The predicted octanol–water partition coefficient (Wildman–Crippen LogP) is 5.22. The van der Waals surface area contributed by atoms with Crippen molar-refractivity contribution in [1.29, 1.82) is 0 Å². The van der Waals surface area contributed by atoms with E-state index in [4.69, 9.17) is 0 Å². The Kier molecular flexibility index (Phi) is 10.3. The standard InChI is InChI=1S/C31H39N3O4S/c1-6-25(5)32-31(36)29(7-2)33(21-26-15-11-13-23(3)19-26)30(35)22-34(27-16-12-14-24(4)20-27)39(37,38)28-17-9-8-10-18-28/h8-20,25,29H,6-7,21-22H2,1-5H3,(H,32,36)/t25-,29-/m0/s1. The minimum Gasteiger partial charge on any atom is -0.352 e. The zero-order valence-electron chi connectivity index (χ0n) is 23.4. The highest BCUT2D eigenvalue weighted by Crippen LogP contribution is 2.25. The van der Waals surface area contributed by atoms with Crippen molar-refractivity contribution in [2.45, 2.75) is 71.0 Å². The van der Waals surface area contributed by atoms with E-state index in [9.17, 15) is 18.0 Å². The van der Waals surface area contributed by atoms with Gasteiger partial charge >= 0.3 is 0 Å². The molecule has 0 radical (unpaired) electrons. The summed E-state index contributed by atoms with van der Waals surface area (Å²) < 4.78 is 28.8. The molecule has 0 aliphatic carbocycles. The van der Waals surface area contributed by atoms with Crippen LogP contribution in [0.2, 0.25) is 0 Å². The summed E-state index contributed by atoms with van der Waals surface area (Å²) in [6.07, 6.45) is 1.14. The smallest absolute Gasteiger partial charge is 0.264 e. The fourth-order valence-electron chi connectivity index (χ4n) is 4.40. The lowest BCUT2D eigenvalue weighted by molar-refractivity contribution is -0.140. The number of carbonyl (C=O) groups is 2. The van der Waals surface area contributed by atoms with Crippen LogP contribution in [0, 0.1) is 13.8 Å². The summed E-state index contributed by atoms with van der Waals surface area (Å²) in [4.78, 5) is 29.0. The van der Waals surface area contributed by atoms with Crippen molar-refractivity contribution in [3.8, 4) is 0 Å². The number of amides is 2. The molecule has 3 rings (SSSR count). The summed E-state index contributed by atoms with van der Waals surface area (Å²) in [6, 6.07) is 22.1. The molecule has 0 aromatic heterocycles. The molecule has 0 saturated heterocycles. The van der Waals surface area contributed by atoms with Crippen molar-refractivity contribution < 1.29 is 18.0 Å². The first-order valence-electron chi connectivity index (χ1n) is 13.4. The maximum absolute atomic E-state index is 14.1. The molecule has 0 unspecified atom stereocenters. The average Bonchev–Trinajstić information content (AvgIpc) is 2.91. The van der Waals surface area contributed by atoms with E-state index in [1.807, 2.05) is 65.0 Å². The summed E-state index contributed by atoms with van der Waals surface area (Å²) >= 11 is 0. The molecule has 8 heteroatoms. The molecule has 0 saturated carbocycles. The van der Waals surface area contributed by atoms with E-state index >= 15 is 0 Å². The Hall–Kier alpha value is -3.65. The van der Waals surface area contributed by atoms with Crippen LogP contribution in [0.25, 0.3) is 0 Å². The first kappa shape index (κ1) is 29.9. The highest BCUT2D eigenvalue weighted by Gasteiger charge is 2.34. The van der Waals surface area contributed by atoms with Crippen LogP contribution in [-0.2, 0) is 26.2 Å². The van der Waals surface area contributed by atoms with E-state index in [-0.39, 0.29) is 23.4 Å². The van der Waals surface area contributed by atoms with Gasteiger partial charge in [0.1, 0.15) is 12.6 Å². The number of hydrogen-bond donors (Lipinski definition) is 1. The van der Waals surface area contributed by atoms with Crippen molar-refractivity contribution >= 4 is 27.5 Å². The Balaban J connectivity index is 2.05. The Morgan fingerprint density at radius 3 is 2.08 bits per heavy atom. The van der Waals surface area contributed by atoms with Crippen LogP contribution in [-0.4, -0.2) is 43.8 Å². The second kappa shape index (κ2) is 13.4. The Bertz CT molecular complexity index is 1380. The van der Waals surface area contributed by atoms with Gasteiger partial charge in [0, 0.05) is 12.6 Å². The van der Waals surface area contributed by atoms with E-state index in [0.29, 0.717) is 12.1 Å². The molecule has 3 aromatic carbocycles. The molecule has 0 aliphatic heterocycles. The molecule has 0 bridgehead atoms. The maximum atomic E-state index is 14.1. The van der Waals surface area contributed by atoms with Gasteiger partial charge in [0.2, 0.25) is 11.8 Å². The normalized spacial score (nSPS) is 12.8. The molecular formula is C31H39N3O4S. The molecule has 0 aliphatic rings. The first-order valence-corrected chi connectivity index (χ1v) is 14.8. The van der Waals surface area contributed by atoms with E-state index < -0.39 is 28.5 Å². The van der Waals surface area contributed by atoms with Gasteiger partial charge in [-0.1, -0.05) is 74.0 Å². The fourth-order valence-corrected chi connectivity index (χ4v) is 5.83. The summed E-state index contributed by atoms with van der Waals surface area (Å²) in [6.45, 7) is 9.33. The van der Waals surface area contributed by atoms with Crippen molar-refractivity contribution in [2.24, 2.45) is 0 Å². The summed E-state index contributed by atoms with van der Waals surface area (Å²) in [5.41, 5.74) is 3.15. The number of rotatable bonds is 12. The van der Waals surface area contributed by atoms with E-state index in [2.05, 4.69) is 5.32 Å². The Morgan fingerprint density at radius 1 is 0.846 bits per heavy atom. The van der Waals surface area contributed by atoms with Gasteiger partial charge in [0.15, 0.2) is 0 Å². The average molecular weight is 550 g/mol. The topological polar surface area (TPSA) is 86.8 Å². The third kappa shape index (κ3) is 7.69. The summed E-state index contributed by atoms with van der Waals surface area (Å²) in [5, 5.41) is 3.00. The minimum atomic E-state index is -4.07. The second-order valence-corrected chi connectivity index (χ2v) is 11.8. The van der Waals surface area contributed by atoms with Crippen LogP contribution < -0.4 is 9.62 Å². The van der Waals surface area contributed by atoms with Crippen molar-refractivity contribution in [3.05, 3.63) is 95.6 Å². The van der Waals surface area contributed by atoms with Gasteiger partial charge < -0.3 is 10.2 Å². The third-order valence-corrected chi connectivity index (χ3v) is 8.51. The van der Waals surface area contributed by atoms with E-state index in [0.717, 1.165) is 27.4 Å². The largest absolute Gasteiger partial charge is 0.352 e. The number of carbonyl (C=O) groups excluding carboxylic acids is 2. The number of aryl methyl sites for hydroxylation is 2. The molecule has 2 atom stereocenters. The molecule has 0 spiro atoms. The van der Waals surface area contributed by atoms with Gasteiger partial charge in [-0.25, -0.2) is 8.42 Å². The Morgan fingerprint density at radius 2 is 1.49 bits per heavy atom. The molecule has 2 amide bonds. The monoisotopic (exact) mass is 549 g/mol. The molecule has 208 valence electrons. The SMILES string of the molecule is CC[C@H](C)NC(=O)[C@H](CC)N(Cc1cccc(C)c1)C(=O)CN(c1cccc(C)c1)S(=O)(=O)c1ccccc1. The van der Waals surface area contributed by atoms with Gasteiger partial charge in [0.25, 0.3) is 10.0 Å². The molecule has 0 fully saturated rings. The van der Waals surface area contributed by atoms with Crippen LogP contribution in [0.4, 0.5) is 5.69 Å². The van der Waals surface area contributed by atoms with Crippen LogP contribution in [0.3, 0.4) is 0 Å². The predicted molar refractivity (Wildman–Crippen MR) is 156 cm³/mol. The number of nitrogens with one attached hydrogen (secondary N) is 1. The third-order valence-electron chi connectivity index (χ3n) is 6.72. The van der Waals surface area contributed by atoms with Crippen LogP contribution in [0.5, 0.6) is 0 Å². The maximum Gasteiger partial charge on any atom is 0.264 e. The molecule has 1 N–H and O–H groups in total. The van der Waals surface area contributed by atoms with Crippen LogP contribution in [0.15, 0.2) is 83.8 Å². The lowest BCUT2D eigenvalue weighted by Gasteiger charge is -2.34. The molecular weight excluding hydrogens is 510 g/mol. The summed E-state index contributed by atoms with van der Waals surface area (Å²) in [7, 11) is -4.07. The number of anilines is 1. The first-order chi connectivity index (χ1) is 18.6. The van der Waals surface area contributed by atoms with Gasteiger partial charge in [-0.2, -0.15) is 0 Å². The van der Waals surface area contributed by atoms with Gasteiger partial charge in [-0.15, -0.1) is 0 Å². The van der Waals surface area contributed by atoms with Gasteiger partial charge in [-0.05, 0) is 69.0 Å². The lowest BCUT2D eigenvalue weighted by atomic mass is 10.1. The lowest BCUT2D eigenvalue weighted by Crippen LogP contribution is -2.53. The molecule has 0 heterocycles. The number of nitrogens with zero attached hydrogens (tertiary/aromatic N) is 2. The minimum absolute atomic E-state index is 0.0512. The quantitative estimate of drug-likeness (QED) is 0.336. The van der Waals surface area contributed by atoms with Gasteiger partial charge in [0.05, 0.1) is 10.6 Å². The number of benzene rings is 3. The highest BCUT2D eigenvalue weighted by molar-refractivity contribution is 7.92. The summed E-state index contributed by atoms with van der Waals surface area (Å²) in [5.74, 6) is -0.704. The van der Waals surface area contributed by atoms with Crippen molar-refractivity contribution in [2.75, 3.05) is 10.8 Å². The van der Waals surface area contributed by atoms with E-state index in [1.165, 1.54) is 17.0 Å². The number of sulfonamides is 1. The van der Waals surface area contributed by atoms with Crippen LogP contribution in [0.1, 0.15) is 50.3 Å². The highest BCUT2D eigenvalue weighted by atomic mass is 32.2. The van der Waals surface area contributed by atoms with Crippen molar-refractivity contribution in [1.82, 2.24) is 10.2 Å². The number of hydrogen-bond acceptors (Lipinski definition) is 4. The van der Waals surface area contributed by atoms with E-state index in [1.54, 1.807) is 36.4 Å². The zero-order valence-corrected chi connectivity index (χ0v) is 24.2. The fraction of sp³-hybridized carbons (Fsp3) is 0.355. The zero-order chi connectivity index (χ0) is 28.6. The molecule has 3 aromatic rings. The second-order valence-electron chi connectivity index (χ2n) is 9.92. The van der Waals surface area contributed by atoms with Crippen LogP contribution >= 0.6 is 0 Å².